The van der Waals surface area contributed by atoms with Crippen LogP contribution in [0.3, 0.4) is 0 Å². The number of anilines is 1. The zero-order valence-electron chi connectivity index (χ0n) is 24.3. The number of nitrogens with one attached hydrogen (secondary N) is 1. The first kappa shape index (κ1) is 33.9. The molecule has 0 saturated carbocycles. The summed E-state index contributed by atoms with van der Waals surface area (Å²) in [5.74, 6) is 0.751. The lowest BCUT2D eigenvalue weighted by Crippen LogP contribution is -2.37. The first-order valence-corrected chi connectivity index (χ1v) is 14.6. The van der Waals surface area contributed by atoms with Crippen LogP contribution in [-0.2, 0) is 14.3 Å². The van der Waals surface area contributed by atoms with Crippen molar-refractivity contribution in [1.29, 1.82) is 5.26 Å². The zero-order chi connectivity index (χ0) is 28.9. The van der Waals surface area contributed by atoms with Crippen LogP contribution in [0.15, 0.2) is 30.3 Å². The van der Waals surface area contributed by atoms with Gasteiger partial charge in [-0.2, -0.15) is 5.26 Å². The molecule has 0 bridgehead atoms. The van der Waals surface area contributed by atoms with Crippen LogP contribution in [0.25, 0.3) is 11.6 Å². The largest absolute Gasteiger partial charge is 0.493 e. The molecule has 1 aromatic carbocycles. The molecule has 1 aromatic heterocycles. The van der Waals surface area contributed by atoms with Crippen molar-refractivity contribution in [2.75, 3.05) is 58.4 Å². The van der Waals surface area contributed by atoms with Gasteiger partial charge in [-0.1, -0.05) is 13.8 Å². The maximum absolute atomic E-state index is 12.3. The van der Waals surface area contributed by atoms with Gasteiger partial charge in [-0.05, 0) is 55.1 Å². The number of ether oxygens (including phenoxy) is 3. The predicted octanol–water partition coefficient (Wildman–Crippen LogP) is 5.00. The summed E-state index contributed by atoms with van der Waals surface area (Å²) in [6.45, 7) is 9.02. The Morgan fingerprint density at radius 1 is 1.10 bits per heavy atom. The first-order valence-electron chi connectivity index (χ1n) is 13.8. The van der Waals surface area contributed by atoms with Crippen LogP contribution >= 0.6 is 23.7 Å². The van der Waals surface area contributed by atoms with Gasteiger partial charge in [0.15, 0.2) is 11.5 Å². The number of hydrogen-bond donors (Lipinski definition) is 1. The Balaban J connectivity index is 0.00000588. The summed E-state index contributed by atoms with van der Waals surface area (Å²) in [5.41, 5.74) is 1.30. The van der Waals surface area contributed by atoms with Gasteiger partial charge in [0.2, 0.25) is 5.91 Å². The van der Waals surface area contributed by atoms with E-state index in [-0.39, 0.29) is 43.2 Å². The van der Waals surface area contributed by atoms with E-state index in [1.807, 2.05) is 18.2 Å². The fraction of sp³-hybridized carbons (Fsp3) is 0.500. The molecule has 9 nitrogen and oxygen atoms in total. The van der Waals surface area contributed by atoms with Gasteiger partial charge >= 0.3 is 5.97 Å². The Bertz CT molecular complexity index is 1200. The molecule has 2 aromatic rings. The highest BCUT2D eigenvalue weighted by molar-refractivity contribution is 7.17. The van der Waals surface area contributed by atoms with E-state index in [1.54, 1.807) is 37.7 Å². The van der Waals surface area contributed by atoms with Gasteiger partial charge in [0.25, 0.3) is 0 Å². The summed E-state index contributed by atoms with van der Waals surface area (Å²) < 4.78 is 16.3. The van der Waals surface area contributed by atoms with Crippen molar-refractivity contribution in [3.63, 3.8) is 0 Å². The lowest BCUT2D eigenvalue weighted by Gasteiger charge is -2.32. The van der Waals surface area contributed by atoms with Gasteiger partial charge in [0.05, 0.1) is 37.3 Å². The Kier molecular flexibility index (Phi) is 14.5. The summed E-state index contributed by atoms with van der Waals surface area (Å²) in [4.78, 5) is 29.8. The Morgan fingerprint density at radius 3 is 2.44 bits per heavy atom. The van der Waals surface area contributed by atoms with E-state index in [4.69, 9.17) is 14.2 Å². The third-order valence-corrected chi connectivity index (χ3v) is 8.06. The number of benzene rings is 1. The number of nitrogens with zero attached hydrogens (tertiary/aromatic N) is 3. The van der Waals surface area contributed by atoms with Crippen molar-refractivity contribution in [2.45, 2.75) is 45.6 Å². The summed E-state index contributed by atoms with van der Waals surface area (Å²) in [5, 5.41) is 13.8. The maximum atomic E-state index is 12.3. The highest BCUT2D eigenvalue weighted by Crippen LogP contribution is 2.34. The summed E-state index contributed by atoms with van der Waals surface area (Å²) >= 11 is 1.62. The summed E-state index contributed by atoms with van der Waals surface area (Å²) in [7, 11) is 3.15. The number of hydrogen-bond acceptors (Lipinski definition) is 9. The number of rotatable bonds is 14. The van der Waals surface area contributed by atoms with Crippen LogP contribution in [-0.4, -0.2) is 76.4 Å². The van der Waals surface area contributed by atoms with Crippen LogP contribution in [0.4, 0.5) is 5.00 Å². The van der Waals surface area contributed by atoms with E-state index in [1.165, 1.54) is 0 Å². The van der Waals surface area contributed by atoms with E-state index in [0.29, 0.717) is 23.6 Å². The van der Waals surface area contributed by atoms with Crippen molar-refractivity contribution in [1.82, 2.24) is 10.2 Å². The monoisotopic (exact) mass is 604 g/mol. The topological polar surface area (TPSA) is 104 Å². The molecular weight excluding hydrogens is 564 g/mol. The number of piperidine rings is 1. The van der Waals surface area contributed by atoms with Gasteiger partial charge in [-0.15, -0.1) is 23.7 Å². The number of methoxy groups -OCH3 is 2. The molecule has 224 valence electrons. The minimum absolute atomic E-state index is 0. The second-order valence-corrected chi connectivity index (χ2v) is 10.6. The Hall–Kier alpha value is -3.26. The molecule has 11 heteroatoms. The van der Waals surface area contributed by atoms with E-state index in [2.05, 4.69) is 41.1 Å². The highest BCUT2D eigenvalue weighted by atomic mass is 35.5. The van der Waals surface area contributed by atoms with Crippen LogP contribution in [0, 0.1) is 11.3 Å². The lowest BCUT2D eigenvalue weighted by atomic mass is 10.1. The average molecular weight is 605 g/mol. The number of carbonyl (C=O) groups is 2. The lowest BCUT2D eigenvalue weighted by molar-refractivity contribution is -0.151. The highest BCUT2D eigenvalue weighted by Gasteiger charge is 2.23. The molecule has 41 heavy (non-hydrogen) atoms. The number of esters is 1. The minimum Gasteiger partial charge on any atom is -0.493 e. The molecular formula is C30H41ClN4O5S. The van der Waals surface area contributed by atoms with Crippen LogP contribution in [0.2, 0.25) is 0 Å². The van der Waals surface area contributed by atoms with Crippen LogP contribution < -0.4 is 19.7 Å². The fourth-order valence-corrected chi connectivity index (χ4v) is 5.55. The van der Waals surface area contributed by atoms with E-state index in [9.17, 15) is 14.9 Å². The normalized spacial score (nSPS) is 13.8. The molecule has 3 rings (SSSR count). The molecule has 1 N–H and O–H groups in total. The molecule has 1 fully saturated rings. The smallest absolute Gasteiger partial charge is 0.306 e. The van der Waals surface area contributed by atoms with Gasteiger partial charge in [0.1, 0.15) is 6.10 Å². The van der Waals surface area contributed by atoms with Gasteiger partial charge in [-0.25, -0.2) is 0 Å². The Morgan fingerprint density at radius 2 is 1.80 bits per heavy atom. The number of thiophene rings is 1. The summed E-state index contributed by atoms with van der Waals surface area (Å²) in [6, 6.07) is 11.8. The average Bonchev–Trinajstić information content (AvgIpc) is 3.45. The number of nitriles is 1. The van der Waals surface area contributed by atoms with Crippen LogP contribution in [0.1, 0.15) is 50.0 Å². The quantitative estimate of drug-likeness (QED) is 0.237. The third kappa shape index (κ3) is 10.3. The predicted molar refractivity (Wildman–Crippen MR) is 166 cm³/mol. The second kappa shape index (κ2) is 17.5. The third-order valence-electron chi connectivity index (χ3n) is 6.97. The van der Waals surface area contributed by atoms with Gasteiger partial charge < -0.3 is 29.3 Å². The summed E-state index contributed by atoms with van der Waals surface area (Å²) in [6.07, 6.45) is 3.46. The molecule has 0 radical (unpaired) electrons. The van der Waals surface area contributed by atoms with Crippen molar-refractivity contribution < 1.29 is 23.8 Å². The minimum atomic E-state index is -0.319. The van der Waals surface area contributed by atoms with Crippen LogP contribution in [0.5, 0.6) is 11.5 Å². The molecule has 1 aliphatic rings. The number of allylic oxidation sites excluding steroid dienone is 1. The molecule has 0 atom stereocenters. The van der Waals surface area contributed by atoms with E-state index in [0.717, 1.165) is 61.0 Å². The van der Waals surface area contributed by atoms with Crippen molar-refractivity contribution in [3.8, 4) is 17.6 Å². The number of carbonyl (C=O) groups excluding carboxylic acids is 2. The molecule has 1 saturated heterocycles. The molecule has 0 aliphatic carbocycles. The number of amides is 1. The van der Waals surface area contributed by atoms with Crippen molar-refractivity contribution in [2.24, 2.45) is 0 Å². The zero-order valence-corrected chi connectivity index (χ0v) is 25.9. The van der Waals surface area contributed by atoms with E-state index < -0.39 is 0 Å². The fourth-order valence-electron chi connectivity index (χ4n) is 4.55. The SMILES string of the molecule is CCN(CC)CCNC(=O)CCC(=O)OC1CCN(c2ccc(C=C(C#N)c3ccc(OC)c(OC)c3)s2)CC1.Cl. The van der Waals surface area contributed by atoms with Crippen molar-refractivity contribution in [3.05, 3.63) is 40.8 Å². The number of halogens is 1. The molecule has 1 aliphatic heterocycles. The van der Waals surface area contributed by atoms with Gasteiger partial charge in [0, 0.05) is 50.3 Å². The first-order chi connectivity index (χ1) is 19.4. The van der Waals surface area contributed by atoms with Gasteiger partial charge in [-0.3, -0.25) is 9.59 Å². The molecule has 0 spiro atoms. The molecule has 1 amide bonds. The standard InChI is InChI=1S/C30H40N4O5S.ClH/c1-5-33(6-2)18-15-32-28(35)10-12-30(36)39-24-13-16-34(17-14-24)29-11-8-25(40-29)19-23(21-31)22-7-9-26(37-3)27(20-22)38-4;/h7-9,11,19-20,24H,5-6,10,12-18H2,1-4H3,(H,32,35);1H. The maximum Gasteiger partial charge on any atom is 0.306 e. The second-order valence-electron chi connectivity index (χ2n) is 9.47. The molecule has 2 heterocycles. The van der Waals surface area contributed by atoms with E-state index >= 15 is 0 Å². The van der Waals surface area contributed by atoms with Crippen molar-refractivity contribution >= 4 is 52.3 Å². The molecule has 0 unspecified atom stereocenters. The number of likely N-dealkylation sites (N-methyl/N-ethyl adjacent to an activating group) is 1. The Labute approximate surface area is 253 Å².